The molecule has 3 aliphatic heterocycles. The SMILES string of the molecule is C[C@@H]1C(=O)NN=C2COc3cc(-c4ccccc4F)c(N4CCN(C)C[C@@H]4C)cc3N21.Cl. The maximum Gasteiger partial charge on any atom is 0.262 e. The van der Waals surface area contributed by atoms with Crippen molar-refractivity contribution in [2.75, 3.05) is 43.1 Å². The summed E-state index contributed by atoms with van der Waals surface area (Å²) in [4.78, 5) is 18.8. The molecule has 0 radical (unpaired) electrons. The van der Waals surface area contributed by atoms with Gasteiger partial charge in [-0.25, -0.2) is 9.82 Å². The Hall–Kier alpha value is -2.84. The smallest absolute Gasteiger partial charge is 0.262 e. The Morgan fingerprint density at radius 3 is 2.66 bits per heavy atom. The average molecular weight is 460 g/mol. The number of fused-ring (bicyclic) bond motifs is 3. The number of benzene rings is 2. The van der Waals surface area contributed by atoms with Gasteiger partial charge in [0.15, 0.2) is 5.84 Å². The van der Waals surface area contributed by atoms with Gasteiger partial charge in [-0.3, -0.25) is 4.79 Å². The van der Waals surface area contributed by atoms with Crippen molar-refractivity contribution < 1.29 is 13.9 Å². The van der Waals surface area contributed by atoms with Gasteiger partial charge in [0.1, 0.15) is 24.2 Å². The van der Waals surface area contributed by atoms with Crippen molar-refractivity contribution in [1.29, 1.82) is 0 Å². The molecule has 0 unspecified atom stereocenters. The van der Waals surface area contributed by atoms with Crippen molar-refractivity contribution in [1.82, 2.24) is 10.3 Å². The van der Waals surface area contributed by atoms with Crippen LogP contribution in [0.2, 0.25) is 0 Å². The molecule has 0 spiro atoms. The number of nitrogens with one attached hydrogen (secondary N) is 1. The van der Waals surface area contributed by atoms with Gasteiger partial charge in [0.2, 0.25) is 0 Å². The van der Waals surface area contributed by atoms with E-state index in [0.717, 1.165) is 36.6 Å². The summed E-state index contributed by atoms with van der Waals surface area (Å²) in [6, 6.07) is 10.6. The number of likely N-dealkylation sites (N-methyl/N-ethyl adjacent to an activating group) is 1. The van der Waals surface area contributed by atoms with Crippen molar-refractivity contribution in [3.05, 3.63) is 42.2 Å². The first-order chi connectivity index (χ1) is 14.9. The number of hydrazone groups is 1. The van der Waals surface area contributed by atoms with Crippen molar-refractivity contribution in [3.8, 4) is 16.9 Å². The van der Waals surface area contributed by atoms with Crippen molar-refractivity contribution in [2.24, 2.45) is 5.10 Å². The third-order valence-corrected chi connectivity index (χ3v) is 6.34. The number of nitrogens with zero attached hydrogens (tertiary/aromatic N) is 4. The quantitative estimate of drug-likeness (QED) is 0.748. The Bertz CT molecular complexity index is 1080. The van der Waals surface area contributed by atoms with Gasteiger partial charge >= 0.3 is 0 Å². The number of amidine groups is 1. The summed E-state index contributed by atoms with van der Waals surface area (Å²) in [5, 5.41) is 4.18. The van der Waals surface area contributed by atoms with E-state index in [4.69, 9.17) is 4.74 Å². The lowest BCUT2D eigenvalue weighted by Gasteiger charge is -2.43. The van der Waals surface area contributed by atoms with Crippen molar-refractivity contribution in [2.45, 2.75) is 25.9 Å². The summed E-state index contributed by atoms with van der Waals surface area (Å²) in [6.07, 6.45) is 0. The highest BCUT2D eigenvalue weighted by atomic mass is 35.5. The fraction of sp³-hybridized carbons (Fsp3) is 0.391. The number of carbonyl (C=O) groups is 1. The van der Waals surface area contributed by atoms with E-state index in [1.54, 1.807) is 12.1 Å². The van der Waals surface area contributed by atoms with Gasteiger partial charge in [0.25, 0.3) is 5.91 Å². The molecule has 0 saturated carbocycles. The van der Waals surface area contributed by atoms with E-state index in [1.165, 1.54) is 6.07 Å². The molecule has 0 aliphatic carbocycles. The van der Waals surface area contributed by atoms with E-state index in [-0.39, 0.29) is 36.8 Å². The second kappa shape index (κ2) is 8.60. The summed E-state index contributed by atoms with van der Waals surface area (Å²) >= 11 is 0. The molecule has 9 heteroatoms. The molecule has 1 N–H and O–H groups in total. The first-order valence-electron chi connectivity index (χ1n) is 10.6. The molecule has 3 aliphatic rings. The van der Waals surface area contributed by atoms with E-state index in [1.807, 2.05) is 30.0 Å². The molecule has 2 aromatic rings. The second-order valence-electron chi connectivity index (χ2n) is 8.46. The number of carbonyl (C=O) groups excluding carboxylic acids is 1. The van der Waals surface area contributed by atoms with Crippen LogP contribution in [-0.2, 0) is 4.79 Å². The van der Waals surface area contributed by atoms with E-state index >= 15 is 0 Å². The lowest BCUT2D eigenvalue weighted by Crippen LogP contribution is -2.55. The van der Waals surface area contributed by atoms with Gasteiger partial charge in [-0.15, -0.1) is 12.4 Å². The summed E-state index contributed by atoms with van der Waals surface area (Å²) in [5.41, 5.74) is 5.62. The van der Waals surface area contributed by atoms with Crippen molar-refractivity contribution in [3.63, 3.8) is 0 Å². The molecule has 170 valence electrons. The molecule has 32 heavy (non-hydrogen) atoms. The molecule has 5 rings (SSSR count). The van der Waals surface area contributed by atoms with E-state index < -0.39 is 6.04 Å². The molecule has 0 aromatic heterocycles. The highest BCUT2D eigenvalue weighted by molar-refractivity contribution is 6.10. The molecular formula is C23H27ClFN5O2. The number of amides is 1. The van der Waals surface area contributed by atoms with Gasteiger partial charge < -0.3 is 19.4 Å². The monoisotopic (exact) mass is 459 g/mol. The predicted molar refractivity (Wildman–Crippen MR) is 126 cm³/mol. The minimum Gasteiger partial charge on any atom is -0.483 e. The maximum atomic E-state index is 14.8. The van der Waals surface area contributed by atoms with Crippen LogP contribution in [0.1, 0.15) is 13.8 Å². The third-order valence-electron chi connectivity index (χ3n) is 6.34. The van der Waals surface area contributed by atoms with Crippen molar-refractivity contribution >= 4 is 35.5 Å². The summed E-state index contributed by atoms with van der Waals surface area (Å²) in [7, 11) is 2.11. The molecule has 0 bridgehead atoms. The van der Waals surface area contributed by atoms with Crippen LogP contribution in [0.5, 0.6) is 5.75 Å². The molecule has 7 nitrogen and oxygen atoms in total. The van der Waals surface area contributed by atoms with Crippen LogP contribution in [-0.4, -0.2) is 62.0 Å². The zero-order valence-electron chi connectivity index (χ0n) is 18.3. The number of anilines is 2. The van der Waals surface area contributed by atoms with Gasteiger partial charge in [0, 0.05) is 42.5 Å². The molecule has 2 aromatic carbocycles. The lowest BCUT2D eigenvalue weighted by molar-refractivity contribution is -0.122. The number of piperazine rings is 1. The average Bonchev–Trinajstić information content (AvgIpc) is 2.75. The van der Waals surface area contributed by atoms with Gasteiger partial charge in [-0.2, -0.15) is 5.10 Å². The van der Waals surface area contributed by atoms with Crippen LogP contribution in [0.4, 0.5) is 15.8 Å². The standard InChI is InChI=1S/C23H26FN5O2.ClH/c1-14-12-27(3)8-9-28(14)19-11-20-21(10-17(19)16-6-4-5-7-18(16)24)31-13-22-25-26-23(30)15(2)29(20)22;/h4-7,10-11,14-15H,8-9,12-13H2,1-3H3,(H,26,30);1H/t14-,15+;/m0./s1. The van der Waals surface area contributed by atoms with Crippen LogP contribution in [0.3, 0.4) is 0 Å². The lowest BCUT2D eigenvalue weighted by atomic mass is 9.98. The second-order valence-corrected chi connectivity index (χ2v) is 8.46. The van der Waals surface area contributed by atoms with Crippen LogP contribution < -0.4 is 20.0 Å². The molecule has 2 atom stereocenters. The van der Waals surface area contributed by atoms with E-state index in [9.17, 15) is 9.18 Å². The van der Waals surface area contributed by atoms with Crippen LogP contribution in [0.25, 0.3) is 11.1 Å². The summed E-state index contributed by atoms with van der Waals surface area (Å²) < 4.78 is 20.8. The predicted octanol–water partition coefficient (Wildman–Crippen LogP) is 3.09. The minimum atomic E-state index is -0.410. The highest BCUT2D eigenvalue weighted by Gasteiger charge is 2.37. The topological polar surface area (TPSA) is 60.4 Å². The van der Waals surface area contributed by atoms with Crippen LogP contribution in [0.15, 0.2) is 41.5 Å². The molecule has 1 fully saturated rings. The molecule has 1 saturated heterocycles. The number of rotatable bonds is 2. The fourth-order valence-electron chi connectivity index (χ4n) is 4.69. The molecule has 3 heterocycles. The Labute approximate surface area is 193 Å². The molecular weight excluding hydrogens is 433 g/mol. The van der Waals surface area contributed by atoms with Gasteiger partial charge in [-0.1, -0.05) is 18.2 Å². The summed E-state index contributed by atoms with van der Waals surface area (Å²) in [6.45, 7) is 6.94. The fourth-order valence-corrected chi connectivity index (χ4v) is 4.69. The van der Waals surface area contributed by atoms with E-state index in [2.05, 4.69) is 34.3 Å². The Morgan fingerprint density at radius 1 is 1.12 bits per heavy atom. The number of hydrogen-bond acceptors (Lipinski definition) is 6. The number of halogens is 2. The normalized spacial score (nSPS) is 22.8. The minimum absolute atomic E-state index is 0. The number of hydrogen-bond donors (Lipinski definition) is 1. The van der Waals surface area contributed by atoms with Gasteiger partial charge in [-0.05, 0) is 39.1 Å². The first-order valence-corrected chi connectivity index (χ1v) is 10.6. The van der Waals surface area contributed by atoms with E-state index in [0.29, 0.717) is 17.1 Å². The Kier molecular flexibility index (Phi) is 6.01. The van der Waals surface area contributed by atoms with Crippen LogP contribution >= 0.6 is 12.4 Å². The largest absolute Gasteiger partial charge is 0.483 e. The maximum absolute atomic E-state index is 14.8. The number of ether oxygens (including phenoxy) is 1. The van der Waals surface area contributed by atoms with Crippen LogP contribution in [0, 0.1) is 5.82 Å². The highest BCUT2D eigenvalue weighted by Crippen LogP contribution is 2.45. The van der Waals surface area contributed by atoms with Gasteiger partial charge in [0.05, 0.1) is 5.69 Å². The first kappa shape index (κ1) is 22.4. The Morgan fingerprint density at radius 2 is 1.91 bits per heavy atom. The third kappa shape index (κ3) is 3.67. The zero-order chi connectivity index (χ0) is 21.7. The Balaban J connectivity index is 0.00000245. The summed E-state index contributed by atoms with van der Waals surface area (Å²) in [5.74, 6) is 0.860. The zero-order valence-corrected chi connectivity index (χ0v) is 19.2. The molecule has 1 amide bonds.